The zero-order valence-corrected chi connectivity index (χ0v) is 6.26. The smallest absolute Gasteiger partial charge is 0.381 e. The van der Waals surface area contributed by atoms with Crippen molar-refractivity contribution in [3.8, 4) is 0 Å². The number of rotatable bonds is 2. The van der Waals surface area contributed by atoms with Gasteiger partial charge in [0.2, 0.25) is 0 Å². The molecule has 0 aliphatic carbocycles. The van der Waals surface area contributed by atoms with Gasteiger partial charge in [-0.2, -0.15) is 26.3 Å². The maximum Gasteiger partial charge on any atom is 0.433 e. The fourth-order valence-corrected chi connectivity index (χ4v) is 0.523. The van der Waals surface area contributed by atoms with Gasteiger partial charge < -0.3 is 4.74 Å². The number of methoxy groups -OCH3 is 1. The molecule has 1 nitrogen and oxygen atoms in total. The average Bonchev–Trinajstić information content (AvgIpc) is 1.82. The SMILES string of the molecule is COCC(F)(C(F)(F)F)C(F)(F)F. The first kappa shape index (κ1) is 12.5. The van der Waals surface area contributed by atoms with E-state index in [9.17, 15) is 30.7 Å². The Morgan fingerprint density at radius 1 is 0.846 bits per heavy atom. The minimum Gasteiger partial charge on any atom is -0.381 e. The number of halogens is 7. The first-order valence-corrected chi connectivity index (χ1v) is 2.87. The zero-order chi connectivity index (χ0) is 10.9. The molecule has 0 aromatic heterocycles. The Morgan fingerprint density at radius 3 is 1.23 bits per heavy atom. The molecule has 0 spiro atoms. The molecule has 0 rings (SSSR count). The lowest BCUT2D eigenvalue weighted by atomic mass is 10.1. The van der Waals surface area contributed by atoms with Gasteiger partial charge in [0.15, 0.2) is 0 Å². The summed E-state index contributed by atoms with van der Waals surface area (Å²) >= 11 is 0. The van der Waals surface area contributed by atoms with Crippen molar-refractivity contribution >= 4 is 0 Å². The highest BCUT2D eigenvalue weighted by Crippen LogP contribution is 2.46. The van der Waals surface area contributed by atoms with Crippen LogP contribution in [0.4, 0.5) is 30.7 Å². The lowest BCUT2D eigenvalue weighted by molar-refractivity contribution is -0.350. The summed E-state index contributed by atoms with van der Waals surface area (Å²) in [7, 11) is 0.547. The van der Waals surface area contributed by atoms with Gasteiger partial charge in [-0.15, -0.1) is 0 Å². The molecule has 0 atom stereocenters. The van der Waals surface area contributed by atoms with Gasteiger partial charge in [0.05, 0.1) is 6.61 Å². The molecule has 0 saturated heterocycles. The molecule has 0 bridgehead atoms. The number of hydrogen-bond donors (Lipinski definition) is 0. The van der Waals surface area contributed by atoms with Gasteiger partial charge in [0.1, 0.15) is 0 Å². The van der Waals surface area contributed by atoms with Crippen LogP contribution >= 0.6 is 0 Å². The van der Waals surface area contributed by atoms with Crippen molar-refractivity contribution in [1.29, 1.82) is 0 Å². The molecule has 0 unspecified atom stereocenters. The second kappa shape index (κ2) is 3.32. The standard InChI is InChI=1S/C5H5F7O/c1-13-2-3(6,4(7,8)9)5(10,11)12/h2H2,1H3. The Bertz CT molecular complexity index is 155. The summed E-state index contributed by atoms with van der Waals surface area (Å²) < 4.78 is 85.6. The van der Waals surface area contributed by atoms with Crippen LogP contribution in [0.5, 0.6) is 0 Å². The van der Waals surface area contributed by atoms with Gasteiger partial charge in [-0.25, -0.2) is 4.39 Å². The molecule has 0 aliphatic heterocycles. The van der Waals surface area contributed by atoms with Crippen LogP contribution in [0, 0.1) is 0 Å². The molecule has 0 aromatic rings. The molecule has 0 heterocycles. The highest BCUT2D eigenvalue weighted by atomic mass is 19.4. The normalized spacial score (nSPS) is 14.8. The Labute approximate surface area is 68.5 Å². The van der Waals surface area contributed by atoms with E-state index < -0.39 is 24.6 Å². The summed E-state index contributed by atoms with van der Waals surface area (Å²) in [5.74, 6) is 0. The summed E-state index contributed by atoms with van der Waals surface area (Å²) in [4.78, 5) is 0. The molecular weight excluding hydrogens is 209 g/mol. The van der Waals surface area contributed by atoms with Gasteiger partial charge in [0.25, 0.3) is 0 Å². The number of ether oxygens (including phenoxy) is 1. The van der Waals surface area contributed by atoms with Crippen molar-refractivity contribution in [2.75, 3.05) is 13.7 Å². The van der Waals surface area contributed by atoms with Crippen LogP contribution < -0.4 is 0 Å². The first-order chi connectivity index (χ1) is 5.56. The lowest BCUT2D eigenvalue weighted by Gasteiger charge is -2.28. The van der Waals surface area contributed by atoms with E-state index in [0.29, 0.717) is 7.11 Å². The Kier molecular flexibility index (Phi) is 3.18. The van der Waals surface area contributed by atoms with Crippen LogP contribution in [0.25, 0.3) is 0 Å². The second-order valence-electron chi connectivity index (χ2n) is 2.23. The summed E-state index contributed by atoms with van der Waals surface area (Å²) in [5.41, 5.74) is -5.30. The molecular formula is C5H5F7O. The summed E-state index contributed by atoms with van der Waals surface area (Å²) in [6.07, 6.45) is -12.1. The van der Waals surface area contributed by atoms with Gasteiger partial charge >= 0.3 is 18.0 Å². The van der Waals surface area contributed by atoms with Gasteiger partial charge in [-0.1, -0.05) is 0 Å². The van der Waals surface area contributed by atoms with E-state index in [0.717, 1.165) is 0 Å². The van der Waals surface area contributed by atoms with Crippen LogP contribution in [-0.2, 0) is 4.74 Å². The third-order valence-electron chi connectivity index (χ3n) is 1.24. The van der Waals surface area contributed by atoms with E-state index in [4.69, 9.17) is 0 Å². The molecule has 0 aliphatic rings. The molecule has 0 saturated carbocycles. The highest BCUT2D eigenvalue weighted by Gasteiger charge is 2.72. The van der Waals surface area contributed by atoms with E-state index in [1.54, 1.807) is 0 Å². The largest absolute Gasteiger partial charge is 0.433 e. The van der Waals surface area contributed by atoms with Gasteiger partial charge in [0, 0.05) is 7.11 Å². The van der Waals surface area contributed by atoms with E-state index >= 15 is 0 Å². The number of alkyl halides is 7. The van der Waals surface area contributed by atoms with Crippen molar-refractivity contribution < 1.29 is 35.5 Å². The fraction of sp³-hybridized carbons (Fsp3) is 1.00. The van der Waals surface area contributed by atoms with Crippen molar-refractivity contribution in [3.05, 3.63) is 0 Å². The van der Waals surface area contributed by atoms with E-state index in [1.165, 1.54) is 0 Å². The quantitative estimate of drug-likeness (QED) is 0.641. The van der Waals surface area contributed by atoms with Gasteiger partial charge in [-0.3, -0.25) is 0 Å². The molecule has 0 N–H and O–H groups in total. The van der Waals surface area contributed by atoms with E-state index in [1.807, 2.05) is 0 Å². The van der Waals surface area contributed by atoms with Crippen molar-refractivity contribution in [3.63, 3.8) is 0 Å². The maximum absolute atomic E-state index is 12.4. The molecule has 0 fully saturated rings. The van der Waals surface area contributed by atoms with E-state index in [-0.39, 0.29) is 0 Å². The molecule has 0 aromatic carbocycles. The third kappa shape index (κ3) is 2.23. The summed E-state index contributed by atoms with van der Waals surface area (Å²) in [6.45, 7) is -2.10. The number of hydrogen-bond acceptors (Lipinski definition) is 1. The topological polar surface area (TPSA) is 9.23 Å². The van der Waals surface area contributed by atoms with Crippen LogP contribution in [0.1, 0.15) is 0 Å². The maximum atomic E-state index is 12.4. The molecule has 0 radical (unpaired) electrons. The zero-order valence-electron chi connectivity index (χ0n) is 6.26. The molecule has 0 amide bonds. The first-order valence-electron chi connectivity index (χ1n) is 2.87. The summed E-state index contributed by atoms with van der Waals surface area (Å²) in [5, 5.41) is 0. The van der Waals surface area contributed by atoms with Crippen LogP contribution in [0.15, 0.2) is 0 Å². The van der Waals surface area contributed by atoms with Crippen molar-refractivity contribution in [2.24, 2.45) is 0 Å². The monoisotopic (exact) mass is 214 g/mol. The van der Waals surface area contributed by atoms with Crippen LogP contribution in [0.3, 0.4) is 0 Å². The molecule has 8 heteroatoms. The second-order valence-corrected chi connectivity index (χ2v) is 2.23. The molecule has 80 valence electrons. The average molecular weight is 214 g/mol. The minimum atomic E-state index is -6.03. The Morgan fingerprint density at radius 2 is 1.15 bits per heavy atom. The molecule has 13 heavy (non-hydrogen) atoms. The Hall–Kier alpha value is -0.530. The van der Waals surface area contributed by atoms with Crippen molar-refractivity contribution in [1.82, 2.24) is 0 Å². The third-order valence-corrected chi connectivity index (χ3v) is 1.24. The lowest BCUT2D eigenvalue weighted by Crippen LogP contribution is -2.56. The predicted octanol–water partition coefficient (Wildman–Crippen LogP) is 2.47. The van der Waals surface area contributed by atoms with E-state index in [2.05, 4.69) is 4.74 Å². The van der Waals surface area contributed by atoms with Gasteiger partial charge in [-0.05, 0) is 0 Å². The predicted molar refractivity (Wildman–Crippen MR) is 27.8 cm³/mol. The van der Waals surface area contributed by atoms with Crippen LogP contribution in [0.2, 0.25) is 0 Å². The van der Waals surface area contributed by atoms with Crippen molar-refractivity contribution in [2.45, 2.75) is 18.0 Å². The summed E-state index contributed by atoms with van der Waals surface area (Å²) in [6, 6.07) is 0. The minimum absolute atomic E-state index is 0.547. The van der Waals surface area contributed by atoms with Crippen LogP contribution in [-0.4, -0.2) is 31.7 Å². The Balaban J connectivity index is 4.96. The highest BCUT2D eigenvalue weighted by molar-refractivity contribution is 4.94. The fourth-order valence-electron chi connectivity index (χ4n) is 0.523.